The first-order chi connectivity index (χ1) is 50.6. The maximum absolute atomic E-state index is 13.8. The molecule has 7 aliphatic rings. The Morgan fingerprint density at radius 2 is 0.713 bits per heavy atom. The summed E-state index contributed by atoms with van der Waals surface area (Å²) in [6, 6.07) is -8.02. The van der Waals surface area contributed by atoms with E-state index in [1.165, 1.54) is 0 Å². The number of hydrogen-bond donors (Lipinski definition) is 29. The number of hydrogen-bond acceptors (Lipinski definition) is 42. The highest BCUT2D eigenvalue weighted by molar-refractivity contribution is 5.78. The van der Waals surface area contributed by atoms with E-state index in [4.69, 9.17) is 61.6 Å². The zero-order chi connectivity index (χ0) is 80.8. The molecule has 0 radical (unpaired) electrons. The molecule has 0 aliphatic carbocycles. The molecule has 7 saturated heterocycles. The van der Waals surface area contributed by atoms with Crippen molar-refractivity contribution in [1.29, 1.82) is 0 Å². The Kier molecular flexibility index (Phi) is 31.4. The first kappa shape index (κ1) is 90.1. The molecule has 0 aromatic rings. The number of carboxylic acids is 3. The number of rotatable bonds is 32. The highest BCUT2D eigenvalue weighted by Gasteiger charge is 2.65. The van der Waals surface area contributed by atoms with Crippen molar-refractivity contribution in [2.75, 3.05) is 46.2 Å². The number of aliphatic hydroxyl groups is 22. The Morgan fingerprint density at radius 1 is 0.380 bits per heavy atom. The van der Waals surface area contributed by atoms with E-state index in [2.05, 4.69) is 21.3 Å². The predicted octanol–water partition coefficient (Wildman–Crippen LogP) is -18.1. The maximum atomic E-state index is 13.8. The van der Waals surface area contributed by atoms with Crippen LogP contribution in [0.5, 0.6) is 0 Å². The van der Waals surface area contributed by atoms with E-state index >= 15 is 0 Å². The van der Waals surface area contributed by atoms with Crippen LogP contribution in [-0.4, -0.2) is 447 Å². The number of nitrogens with one attached hydrogen (secondary N) is 4. The lowest BCUT2D eigenvalue weighted by molar-refractivity contribution is -0.390. The van der Waals surface area contributed by atoms with Gasteiger partial charge in [0.05, 0.1) is 82.7 Å². The largest absolute Gasteiger partial charge is 0.477 e. The summed E-state index contributed by atoms with van der Waals surface area (Å²) >= 11 is 0. The fraction of sp³-hybridized carbons (Fsp3) is 0.881. The molecular weight excluding hydrogens is 1480 g/mol. The van der Waals surface area contributed by atoms with Gasteiger partial charge in [-0.05, 0) is 0 Å². The van der Waals surface area contributed by atoms with Gasteiger partial charge < -0.3 is 211 Å². The molecule has 4 amide bonds. The average molecular weight is 1580 g/mol. The van der Waals surface area contributed by atoms with Crippen LogP contribution in [0.4, 0.5) is 0 Å². The third kappa shape index (κ3) is 19.4. The molecule has 0 unspecified atom stereocenters. The summed E-state index contributed by atoms with van der Waals surface area (Å²) in [5.41, 5.74) is 0. The highest BCUT2D eigenvalue weighted by Crippen LogP contribution is 2.43. The van der Waals surface area contributed by atoms with Crippen LogP contribution in [-0.2, 0) is 95.1 Å². The highest BCUT2D eigenvalue weighted by atomic mass is 16.8. The molecule has 0 aromatic heterocycles. The van der Waals surface area contributed by atoms with Crippen molar-refractivity contribution < 1.29 is 223 Å². The number of ether oxygens (including phenoxy) is 13. The molecule has 0 saturated carbocycles. The molecule has 622 valence electrons. The van der Waals surface area contributed by atoms with Crippen LogP contribution in [0.2, 0.25) is 0 Å². The van der Waals surface area contributed by atoms with E-state index in [9.17, 15) is 161 Å². The van der Waals surface area contributed by atoms with Gasteiger partial charge in [0, 0.05) is 47.0 Å². The first-order valence-corrected chi connectivity index (χ1v) is 33.5. The summed E-state index contributed by atoms with van der Waals surface area (Å²) in [4.78, 5) is 91.3. The number of amides is 4. The summed E-state index contributed by atoms with van der Waals surface area (Å²) in [6.45, 7) is -5.63. The van der Waals surface area contributed by atoms with Crippen molar-refractivity contribution in [2.45, 2.75) is 278 Å². The van der Waals surface area contributed by atoms with Gasteiger partial charge >= 0.3 is 17.9 Å². The molecule has 0 bridgehead atoms. The molecule has 108 heavy (non-hydrogen) atoms. The second kappa shape index (κ2) is 37.7. The van der Waals surface area contributed by atoms with Crippen molar-refractivity contribution >= 4 is 41.5 Å². The lowest BCUT2D eigenvalue weighted by Crippen LogP contribution is -2.72. The van der Waals surface area contributed by atoms with Gasteiger partial charge in [0.15, 0.2) is 25.2 Å². The molecule has 29 N–H and O–H groups in total. The number of aliphatic hydroxyl groups excluding tert-OH is 22. The SMILES string of the molecule is CC(=O)N[C@H]1[C@H](O[C@@H]2[C@H](O)[C@@H](O)[C@H](O[C@H]3[C@H](O)[C@@H](O)[C@H](O)O[C@@H]3CO)O[C@@H]2CO)O[C@H](CO)[C@H](O)[C@@H]1O[C@@H]1O[C@H](CO)[C@H](O)[C@H](O[C@]2(C(=O)O)C[C@H](O)[C@@H](NC(C)=O)[C@H]([C@H](O)[C@@H](CO)O[C@]3(C(=O)O)C[C@H](O)[C@@H](NC(C)=O)[C@H]([C@H](O)[C@@H](CO)O[C@]4(C(=O)O)C[C@H](O)[C@@H](NC(C)=O)[C@H]([C@H](O)[C@H](O)CO)O4)O3)O2)[C@H]1O. The second-order valence-electron chi connectivity index (χ2n) is 26.8. The van der Waals surface area contributed by atoms with Gasteiger partial charge in [0.2, 0.25) is 23.6 Å². The molecule has 7 rings (SSSR count). The van der Waals surface area contributed by atoms with E-state index in [-0.39, 0.29) is 0 Å². The summed E-state index contributed by atoms with van der Waals surface area (Å²) in [6.07, 6.45) is -74.7. The summed E-state index contributed by atoms with van der Waals surface area (Å²) in [7, 11) is 0. The van der Waals surface area contributed by atoms with Crippen LogP contribution in [0, 0.1) is 0 Å². The van der Waals surface area contributed by atoms with E-state index in [1.807, 2.05) is 0 Å². The fourth-order valence-electron chi connectivity index (χ4n) is 13.7. The average Bonchev–Trinajstić information content (AvgIpc) is 0.753. The number of carboxylic acid groups (broad SMARTS) is 3. The van der Waals surface area contributed by atoms with Crippen molar-refractivity contribution in [2.24, 2.45) is 0 Å². The van der Waals surface area contributed by atoms with Gasteiger partial charge in [-0.2, -0.15) is 0 Å². The van der Waals surface area contributed by atoms with Crippen LogP contribution >= 0.6 is 0 Å². The van der Waals surface area contributed by atoms with E-state index < -0.39 is 339 Å². The quantitative estimate of drug-likeness (QED) is 0.0297. The Bertz CT molecular complexity index is 3010. The van der Waals surface area contributed by atoms with Crippen molar-refractivity contribution in [1.82, 2.24) is 21.3 Å². The van der Waals surface area contributed by atoms with Gasteiger partial charge in [-0.15, -0.1) is 0 Å². The zero-order valence-corrected chi connectivity index (χ0v) is 57.6. The standard InChI is InChI=1S/C59H96N4O45/c1-15(71)60-29-19(75)5-57(54(90)91,105-46(29)33(79)22(78)8-64)103-25(11-67)36(82)47-30(61-16(2)72)20(76)6-58(106-47,55(92)93)104-26(12-68)37(83)48-31(62-17(3)73)21(77)7-59(107-48,56(94)95)108-49-35(81)24(10-66)98-53(42(49)88)102-45-32(63-18(4)74)51(97-23(9-65)34(45)80)100-44-28(14-70)99-52(41(87)39(44)85)101-43-27(13-69)96-50(89)40(86)38(43)84/h19-53,64-70,75-89H,5-14H2,1-4H3,(H,60,71)(H,61,72)(H,62,73)(H,63,74)(H,90,91)(H,92,93)(H,94,95)/t19-,20-,21-,22+,23+,24+,25+,26+,27+,28+,29+,30+,31+,32+,33+,34-,35-,36+,37+,38+,39+,40+,41+,42+,43+,44-,45+,46+,47+,48+,49-,50+,51-,52-,53-,57+,58+,59-/m0/s1. The third-order valence-corrected chi connectivity index (χ3v) is 19.1. The van der Waals surface area contributed by atoms with Gasteiger partial charge in [-0.1, -0.05) is 0 Å². The smallest absolute Gasteiger partial charge is 0.364 e. The Morgan fingerprint density at radius 3 is 1.11 bits per heavy atom. The van der Waals surface area contributed by atoms with Gasteiger partial charge in [0.1, 0.15) is 153 Å². The van der Waals surface area contributed by atoms with Crippen LogP contribution < -0.4 is 21.3 Å². The van der Waals surface area contributed by atoms with E-state index in [0.29, 0.717) is 0 Å². The Balaban J connectivity index is 1.18. The molecule has 38 atom stereocenters. The topological polar surface area (TPSA) is 793 Å². The minimum atomic E-state index is -3.63. The molecule has 49 nitrogen and oxygen atoms in total. The number of carbonyl (C=O) groups excluding carboxylic acids is 4. The first-order valence-electron chi connectivity index (χ1n) is 33.5. The van der Waals surface area contributed by atoms with Crippen molar-refractivity contribution in [3.8, 4) is 0 Å². The van der Waals surface area contributed by atoms with E-state index in [0.717, 1.165) is 27.7 Å². The molecule has 49 heteroatoms. The molecule has 7 aliphatic heterocycles. The Hall–Kier alpha value is -5.11. The minimum absolute atomic E-state index is 0.815. The normalized spacial score (nSPS) is 43.4. The van der Waals surface area contributed by atoms with Crippen molar-refractivity contribution in [3.05, 3.63) is 0 Å². The summed E-state index contributed by atoms with van der Waals surface area (Å²) in [5, 5.41) is 284. The van der Waals surface area contributed by atoms with Crippen molar-refractivity contribution in [3.63, 3.8) is 0 Å². The maximum Gasteiger partial charge on any atom is 0.364 e. The van der Waals surface area contributed by atoms with Crippen LogP contribution in [0.25, 0.3) is 0 Å². The fourth-order valence-corrected chi connectivity index (χ4v) is 13.7. The summed E-state index contributed by atoms with van der Waals surface area (Å²) in [5.74, 6) is -21.7. The monoisotopic (exact) mass is 1580 g/mol. The Labute approximate surface area is 609 Å². The van der Waals surface area contributed by atoms with Crippen LogP contribution in [0.1, 0.15) is 47.0 Å². The third-order valence-electron chi connectivity index (χ3n) is 19.1. The predicted molar refractivity (Wildman–Crippen MR) is 330 cm³/mol. The molecule has 7 fully saturated rings. The molecular formula is C59H96N4O45. The number of aliphatic carboxylic acids is 3. The summed E-state index contributed by atoms with van der Waals surface area (Å²) < 4.78 is 74.1. The van der Waals surface area contributed by atoms with Gasteiger partial charge in [-0.3, -0.25) is 19.2 Å². The molecule has 7 heterocycles. The van der Waals surface area contributed by atoms with Crippen LogP contribution in [0.15, 0.2) is 0 Å². The second-order valence-corrected chi connectivity index (χ2v) is 26.8. The molecule has 0 spiro atoms. The molecule has 0 aromatic carbocycles. The number of carbonyl (C=O) groups is 7. The zero-order valence-electron chi connectivity index (χ0n) is 57.6. The van der Waals surface area contributed by atoms with E-state index in [1.54, 1.807) is 0 Å². The lowest BCUT2D eigenvalue weighted by Gasteiger charge is -2.52. The van der Waals surface area contributed by atoms with Gasteiger partial charge in [0.25, 0.3) is 17.4 Å². The van der Waals surface area contributed by atoms with Crippen LogP contribution in [0.3, 0.4) is 0 Å². The minimum Gasteiger partial charge on any atom is -0.477 e. The van der Waals surface area contributed by atoms with Gasteiger partial charge in [-0.25, -0.2) is 14.4 Å². The lowest BCUT2D eigenvalue weighted by atomic mass is 9.86.